The first kappa shape index (κ1) is 27.0. The Bertz CT molecular complexity index is 1390. The Labute approximate surface area is 233 Å². The van der Waals surface area contributed by atoms with E-state index in [0.29, 0.717) is 30.3 Å². The molecule has 37 heavy (non-hydrogen) atoms. The molecule has 9 heteroatoms. The number of hydrogen-bond donors (Lipinski definition) is 0. The third-order valence-corrected chi connectivity index (χ3v) is 7.06. The number of carbonyl (C=O) groups is 3. The van der Waals surface area contributed by atoms with Gasteiger partial charge in [-0.3, -0.25) is 19.3 Å². The van der Waals surface area contributed by atoms with Crippen LogP contribution in [0.5, 0.6) is 11.5 Å². The minimum atomic E-state index is -0.625. The molecule has 1 saturated heterocycles. The topological polar surface area (TPSA) is 82.1 Å². The van der Waals surface area contributed by atoms with Gasteiger partial charge in [-0.05, 0) is 101 Å². The molecule has 0 aromatic heterocycles. The number of rotatable bonds is 9. The van der Waals surface area contributed by atoms with Crippen molar-refractivity contribution in [3.05, 3.63) is 74.2 Å². The lowest BCUT2D eigenvalue weighted by Gasteiger charge is -2.15. The number of imide groups is 1. The second-order valence-corrected chi connectivity index (χ2v) is 10.7. The van der Waals surface area contributed by atoms with Gasteiger partial charge in [-0.15, -0.1) is 0 Å². The van der Waals surface area contributed by atoms with E-state index in [1.54, 1.807) is 26.0 Å². The van der Waals surface area contributed by atoms with Crippen LogP contribution in [0.4, 0.5) is 4.79 Å². The lowest BCUT2D eigenvalue weighted by atomic mass is 10.1. The Balaban J connectivity index is 1.53. The summed E-state index contributed by atoms with van der Waals surface area (Å²) < 4.78 is 17.9. The summed E-state index contributed by atoms with van der Waals surface area (Å²) in [5.74, 6) is -0.00146. The summed E-state index contributed by atoms with van der Waals surface area (Å²) in [6.07, 6.45) is 1.29. The van der Waals surface area contributed by atoms with Crippen LogP contribution in [-0.2, 0) is 20.9 Å². The van der Waals surface area contributed by atoms with Crippen LogP contribution in [-0.4, -0.2) is 41.3 Å². The van der Waals surface area contributed by atoms with Gasteiger partial charge in [0, 0.05) is 0 Å². The van der Waals surface area contributed by atoms with Gasteiger partial charge >= 0.3 is 5.97 Å². The molecule has 0 spiro atoms. The van der Waals surface area contributed by atoms with Crippen LogP contribution < -0.4 is 9.47 Å². The molecule has 0 radical (unpaired) electrons. The van der Waals surface area contributed by atoms with Crippen molar-refractivity contribution in [2.24, 2.45) is 0 Å². The highest BCUT2D eigenvalue weighted by molar-refractivity contribution is 14.1. The van der Waals surface area contributed by atoms with Gasteiger partial charge in [0.1, 0.15) is 13.2 Å². The number of benzene rings is 3. The molecule has 192 valence electrons. The normalized spacial score (nSPS) is 14.6. The van der Waals surface area contributed by atoms with E-state index in [-0.39, 0.29) is 11.0 Å². The fourth-order valence-corrected chi connectivity index (χ4v) is 5.39. The van der Waals surface area contributed by atoms with Crippen molar-refractivity contribution in [3.63, 3.8) is 0 Å². The van der Waals surface area contributed by atoms with E-state index in [0.717, 1.165) is 31.2 Å². The molecule has 3 aromatic rings. The van der Waals surface area contributed by atoms with E-state index in [4.69, 9.17) is 14.2 Å². The fourth-order valence-electron chi connectivity index (χ4n) is 3.78. The molecule has 4 rings (SSSR count). The Morgan fingerprint density at radius 1 is 1.05 bits per heavy atom. The van der Waals surface area contributed by atoms with Crippen LogP contribution in [0.2, 0.25) is 0 Å². The Morgan fingerprint density at radius 2 is 1.81 bits per heavy atom. The fraction of sp³-hybridized carbons (Fsp3) is 0.250. The highest BCUT2D eigenvalue weighted by atomic mass is 127. The van der Waals surface area contributed by atoms with Crippen molar-refractivity contribution >= 4 is 68.3 Å². The van der Waals surface area contributed by atoms with Gasteiger partial charge < -0.3 is 14.2 Å². The zero-order valence-corrected chi connectivity index (χ0v) is 23.6. The first-order valence-electron chi connectivity index (χ1n) is 11.8. The quantitative estimate of drug-likeness (QED) is 0.153. The van der Waals surface area contributed by atoms with E-state index in [1.165, 1.54) is 5.39 Å². The average molecular weight is 631 g/mol. The minimum absolute atomic E-state index is 0.227. The van der Waals surface area contributed by atoms with Gasteiger partial charge in [0.05, 0.1) is 21.2 Å². The van der Waals surface area contributed by atoms with Crippen LogP contribution in [0.25, 0.3) is 16.8 Å². The second-order valence-electron chi connectivity index (χ2n) is 8.54. The Morgan fingerprint density at radius 3 is 2.54 bits per heavy atom. The first-order valence-corrected chi connectivity index (χ1v) is 13.7. The largest absolute Gasteiger partial charge is 0.490 e. The molecule has 3 aromatic carbocycles. The predicted octanol–water partition coefficient (Wildman–Crippen LogP) is 6.41. The molecular formula is C28H26INO6S. The molecule has 0 N–H and O–H groups in total. The number of carbonyl (C=O) groups excluding carboxylic acids is 3. The maximum Gasteiger partial charge on any atom is 0.326 e. The molecule has 0 unspecified atom stereocenters. The van der Waals surface area contributed by atoms with E-state index in [1.807, 2.05) is 31.2 Å². The first-order chi connectivity index (χ1) is 17.7. The van der Waals surface area contributed by atoms with Crippen molar-refractivity contribution in [1.82, 2.24) is 4.90 Å². The predicted molar refractivity (Wildman–Crippen MR) is 153 cm³/mol. The highest BCUT2D eigenvalue weighted by Gasteiger charge is 2.37. The lowest BCUT2D eigenvalue weighted by molar-refractivity contribution is -0.149. The van der Waals surface area contributed by atoms with Gasteiger partial charge in [-0.2, -0.15) is 0 Å². The van der Waals surface area contributed by atoms with E-state index >= 15 is 0 Å². The van der Waals surface area contributed by atoms with Crippen molar-refractivity contribution in [1.29, 1.82) is 0 Å². The Kier molecular flexibility index (Phi) is 8.75. The highest BCUT2D eigenvalue weighted by Crippen LogP contribution is 2.38. The molecule has 1 aliphatic heterocycles. The van der Waals surface area contributed by atoms with E-state index in [2.05, 4.69) is 46.9 Å². The zero-order valence-electron chi connectivity index (χ0n) is 20.7. The maximum atomic E-state index is 12.8. The summed E-state index contributed by atoms with van der Waals surface area (Å²) in [5, 5.41) is 1.80. The van der Waals surface area contributed by atoms with Crippen LogP contribution in [0.3, 0.4) is 0 Å². The summed E-state index contributed by atoms with van der Waals surface area (Å²) in [7, 11) is 0. The van der Waals surface area contributed by atoms with Gasteiger partial charge in [0.25, 0.3) is 11.1 Å². The van der Waals surface area contributed by atoms with Gasteiger partial charge in [-0.1, -0.05) is 36.4 Å². The average Bonchev–Trinajstić information content (AvgIpc) is 3.10. The standard InChI is InChI=1S/C28H26INO6S/c1-4-34-23-13-19(14-24-27(32)30(28(33)37-24)15-25(31)36-17(2)3)12-22(29)26(23)35-16-18-9-10-20-7-5-6-8-21(20)11-18/h5-14,17H,4,15-16H2,1-3H3/b24-14+. The minimum Gasteiger partial charge on any atom is -0.490 e. The zero-order chi connectivity index (χ0) is 26.5. The third kappa shape index (κ3) is 6.64. The van der Waals surface area contributed by atoms with Crippen molar-refractivity contribution in [3.8, 4) is 11.5 Å². The number of halogens is 1. The summed E-state index contributed by atoms with van der Waals surface area (Å²) in [5.41, 5.74) is 1.71. The molecule has 2 amide bonds. The van der Waals surface area contributed by atoms with Gasteiger partial charge in [-0.25, -0.2) is 0 Å². The maximum absolute atomic E-state index is 12.8. The smallest absolute Gasteiger partial charge is 0.326 e. The number of thioether (sulfide) groups is 1. The third-order valence-electron chi connectivity index (χ3n) is 5.35. The Hall–Kier alpha value is -3.05. The molecule has 0 atom stereocenters. The van der Waals surface area contributed by atoms with E-state index < -0.39 is 23.7 Å². The number of esters is 1. The molecule has 1 fully saturated rings. The summed E-state index contributed by atoms with van der Waals surface area (Å²) in [6, 6.07) is 18.0. The van der Waals surface area contributed by atoms with E-state index in [9.17, 15) is 14.4 Å². The van der Waals surface area contributed by atoms with Gasteiger partial charge in [0.15, 0.2) is 11.5 Å². The molecule has 1 aliphatic rings. The lowest BCUT2D eigenvalue weighted by Crippen LogP contribution is -2.35. The second kappa shape index (κ2) is 12.0. The molecule has 0 aliphatic carbocycles. The monoisotopic (exact) mass is 631 g/mol. The SMILES string of the molecule is CCOc1cc(/C=C2/SC(=O)N(CC(=O)OC(C)C)C2=O)cc(I)c1OCc1ccc2ccccc2c1. The van der Waals surface area contributed by atoms with Crippen LogP contribution in [0, 0.1) is 3.57 Å². The summed E-state index contributed by atoms with van der Waals surface area (Å²) in [6.45, 7) is 5.68. The molecule has 7 nitrogen and oxygen atoms in total. The summed E-state index contributed by atoms with van der Waals surface area (Å²) in [4.78, 5) is 38.3. The number of amides is 2. The van der Waals surface area contributed by atoms with Gasteiger partial charge in [0.2, 0.25) is 0 Å². The number of nitrogens with zero attached hydrogens (tertiary/aromatic N) is 1. The molecule has 1 heterocycles. The van der Waals surface area contributed by atoms with Crippen LogP contribution in [0.1, 0.15) is 31.9 Å². The number of hydrogen-bond acceptors (Lipinski definition) is 7. The van der Waals surface area contributed by atoms with Crippen molar-refractivity contribution in [2.45, 2.75) is 33.5 Å². The van der Waals surface area contributed by atoms with Crippen LogP contribution >= 0.6 is 34.4 Å². The molecule has 0 bridgehead atoms. The summed E-state index contributed by atoms with van der Waals surface area (Å²) >= 11 is 2.96. The van der Waals surface area contributed by atoms with Crippen molar-refractivity contribution < 1.29 is 28.6 Å². The molecule has 0 saturated carbocycles. The number of ether oxygens (including phenoxy) is 3. The van der Waals surface area contributed by atoms with Crippen LogP contribution in [0.15, 0.2) is 59.5 Å². The molecular weight excluding hydrogens is 605 g/mol. The number of fused-ring (bicyclic) bond motifs is 1. The van der Waals surface area contributed by atoms with Crippen molar-refractivity contribution in [2.75, 3.05) is 13.2 Å².